The molecule has 5 heteroatoms. The normalized spacial score (nSPS) is 20.2. The maximum Gasteiger partial charge on any atom is 0.326 e. The van der Waals surface area contributed by atoms with Crippen LogP contribution in [0.4, 0.5) is 0 Å². The van der Waals surface area contributed by atoms with Crippen molar-refractivity contribution in [1.29, 1.82) is 0 Å². The SMILES string of the molecule is CNCCc1ccc2c(c1)[nH]c(=O)n2C1CCN(C2(c3ccccc3)CCCCCC2)CC1. The van der Waals surface area contributed by atoms with E-state index in [1.165, 1.54) is 49.7 Å². The van der Waals surface area contributed by atoms with E-state index in [-0.39, 0.29) is 17.3 Å². The lowest BCUT2D eigenvalue weighted by molar-refractivity contribution is 0.0356. The zero-order valence-corrected chi connectivity index (χ0v) is 20.0. The molecule has 1 saturated carbocycles. The summed E-state index contributed by atoms with van der Waals surface area (Å²) in [5, 5.41) is 3.20. The summed E-state index contributed by atoms with van der Waals surface area (Å²) >= 11 is 0. The van der Waals surface area contributed by atoms with Crippen LogP contribution in [0, 0.1) is 0 Å². The molecule has 5 rings (SSSR count). The van der Waals surface area contributed by atoms with Gasteiger partial charge in [0.25, 0.3) is 0 Å². The smallest absolute Gasteiger partial charge is 0.319 e. The van der Waals surface area contributed by atoms with Gasteiger partial charge in [-0.2, -0.15) is 0 Å². The number of likely N-dealkylation sites (tertiary alicyclic amines) is 1. The van der Waals surface area contributed by atoms with E-state index in [9.17, 15) is 4.79 Å². The Balaban J connectivity index is 1.37. The molecule has 0 unspecified atom stereocenters. The molecule has 0 atom stereocenters. The first-order chi connectivity index (χ1) is 16.2. The summed E-state index contributed by atoms with van der Waals surface area (Å²) in [6, 6.07) is 17.9. The summed E-state index contributed by atoms with van der Waals surface area (Å²) in [4.78, 5) is 18.9. The van der Waals surface area contributed by atoms with Gasteiger partial charge in [-0.25, -0.2) is 4.79 Å². The van der Waals surface area contributed by atoms with Crippen LogP contribution in [0.3, 0.4) is 0 Å². The molecule has 3 aromatic rings. The minimum Gasteiger partial charge on any atom is -0.319 e. The Morgan fingerprint density at radius 1 is 1.00 bits per heavy atom. The summed E-state index contributed by atoms with van der Waals surface area (Å²) in [5.41, 5.74) is 4.98. The molecule has 1 aliphatic carbocycles. The second-order valence-electron chi connectivity index (χ2n) is 10.0. The van der Waals surface area contributed by atoms with Crippen LogP contribution in [0.1, 0.15) is 68.5 Å². The standard InChI is InChI=1S/C28H38N4O/c1-29-18-13-22-11-12-26-25(21-22)30-27(33)32(26)24-14-19-31(20-15-24)28(16-7-2-3-8-17-28)23-9-5-4-6-10-23/h4-6,9-12,21,24,29H,2-3,7-8,13-20H2,1H3,(H,30,33). The lowest BCUT2D eigenvalue weighted by Crippen LogP contribution is -2.50. The van der Waals surface area contributed by atoms with E-state index in [2.05, 4.69) is 63.7 Å². The maximum atomic E-state index is 13.0. The van der Waals surface area contributed by atoms with E-state index in [0.717, 1.165) is 49.9 Å². The van der Waals surface area contributed by atoms with Crippen LogP contribution in [0.15, 0.2) is 53.3 Å². The van der Waals surface area contributed by atoms with Crippen LogP contribution in [-0.4, -0.2) is 41.1 Å². The molecule has 5 nitrogen and oxygen atoms in total. The summed E-state index contributed by atoms with van der Waals surface area (Å²) < 4.78 is 2.04. The number of hydrogen-bond acceptors (Lipinski definition) is 3. The van der Waals surface area contributed by atoms with Crippen molar-refractivity contribution in [2.75, 3.05) is 26.7 Å². The van der Waals surface area contributed by atoms with Gasteiger partial charge >= 0.3 is 5.69 Å². The van der Waals surface area contributed by atoms with Crippen molar-refractivity contribution in [3.05, 3.63) is 70.1 Å². The van der Waals surface area contributed by atoms with Crippen molar-refractivity contribution in [2.24, 2.45) is 0 Å². The largest absolute Gasteiger partial charge is 0.326 e. The van der Waals surface area contributed by atoms with Gasteiger partial charge in [-0.15, -0.1) is 0 Å². The molecule has 2 fully saturated rings. The number of H-pyrrole nitrogens is 1. The van der Waals surface area contributed by atoms with E-state index >= 15 is 0 Å². The Morgan fingerprint density at radius 3 is 2.42 bits per heavy atom. The van der Waals surface area contributed by atoms with Crippen LogP contribution < -0.4 is 11.0 Å². The number of nitrogens with zero attached hydrogens (tertiary/aromatic N) is 2. The van der Waals surface area contributed by atoms with Crippen molar-refractivity contribution in [3.63, 3.8) is 0 Å². The third-order valence-electron chi connectivity index (χ3n) is 8.12. The van der Waals surface area contributed by atoms with Gasteiger partial charge in [-0.1, -0.05) is 62.1 Å². The maximum absolute atomic E-state index is 13.0. The molecule has 2 heterocycles. The average molecular weight is 447 g/mol. The Hall–Kier alpha value is -2.37. The molecule has 2 aliphatic rings. The summed E-state index contributed by atoms with van der Waals surface area (Å²) in [6.07, 6.45) is 10.9. The quantitative estimate of drug-likeness (QED) is 0.525. The van der Waals surface area contributed by atoms with Crippen molar-refractivity contribution < 1.29 is 0 Å². The van der Waals surface area contributed by atoms with Crippen LogP contribution in [0.5, 0.6) is 0 Å². The van der Waals surface area contributed by atoms with E-state index in [1.54, 1.807) is 0 Å². The predicted octanol–water partition coefficient (Wildman–Crippen LogP) is 4.98. The first-order valence-electron chi connectivity index (χ1n) is 12.9. The lowest BCUT2D eigenvalue weighted by Gasteiger charge is -2.47. The first kappa shape index (κ1) is 22.4. The second kappa shape index (κ2) is 9.86. The highest BCUT2D eigenvalue weighted by atomic mass is 16.1. The average Bonchev–Trinajstić information content (AvgIpc) is 3.01. The molecule has 0 spiro atoms. The van der Waals surface area contributed by atoms with E-state index in [4.69, 9.17) is 0 Å². The Labute approximate surface area is 197 Å². The van der Waals surface area contributed by atoms with Gasteiger partial charge in [0.05, 0.1) is 11.0 Å². The number of aromatic nitrogens is 2. The Morgan fingerprint density at radius 2 is 1.73 bits per heavy atom. The van der Waals surface area contributed by atoms with Crippen molar-refractivity contribution in [3.8, 4) is 0 Å². The number of fused-ring (bicyclic) bond motifs is 1. The number of rotatable bonds is 6. The third-order valence-corrected chi connectivity index (χ3v) is 8.12. The molecule has 0 radical (unpaired) electrons. The van der Waals surface area contributed by atoms with Gasteiger partial charge in [-0.05, 0) is 69.0 Å². The molecule has 33 heavy (non-hydrogen) atoms. The molecular weight excluding hydrogens is 408 g/mol. The Kier molecular flexibility index (Phi) is 6.70. The first-order valence-corrected chi connectivity index (χ1v) is 12.9. The topological polar surface area (TPSA) is 53.1 Å². The molecule has 0 amide bonds. The number of piperidine rings is 1. The second-order valence-corrected chi connectivity index (χ2v) is 10.0. The van der Waals surface area contributed by atoms with Crippen LogP contribution in [0.2, 0.25) is 0 Å². The monoisotopic (exact) mass is 446 g/mol. The highest BCUT2D eigenvalue weighted by Gasteiger charge is 2.40. The molecule has 176 valence electrons. The number of hydrogen-bond donors (Lipinski definition) is 2. The Bertz CT molecular complexity index is 1100. The molecule has 1 aromatic heterocycles. The van der Waals surface area contributed by atoms with Gasteiger partial charge in [0.2, 0.25) is 0 Å². The highest BCUT2D eigenvalue weighted by molar-refractivity contribution is 5.76. The van der Waals surface area contributed by atoms with E-state index in [0.29, 0.717) is 0 Å². The molecule has 2 aromatic carbocycles. The van der Waals surface area contributed by atoms with Crippen LogP contribution in [0.25, 0.3) is 11.0 Å². The predicted molar refractivity (Wildman–Crippen MR) is 136 cm³/mol. The fourth-order valence-electron chi connectivity index (χ4n) is 6.37. The van der Waals surface area contributed by atoms with Gasteiger partial charge in [0.1, 0.15) is 0 Å². The number of imidazole rings is 1. The molecule has 0 bridgehead atoms. The summed E-state index contributed by atoms with van der Waals surface area (Å²) in [6.45, 7) is 3.05. The molecule has 1 saturated heterocycles. The van der Waals surface area contributed by atoms with E-state index < -0.39 is 0 Å². The zero-order valence-electron chi connectivity index (χ0n) is 20.0. The fourth-order valence-corrected chi connectivity index (χ4v) is 6.37. The zero-order chi connectivity index (χ0) is 22.7. The summed E-state index contributed by atoms with van der Waals surface area (Å²) in [7, 11) is 1.97. The molecule has 1 aliphatic heterocycles. The number of benzene rings is 2. The highest BCUT2D eigenvalue weighted by Crippen LogP contribution is 2.43. The third kappa shape index (κ3) is 4.41. The van der Waals surface area contributed by atoms with Crippen molar-refractivity contribution in [2.45, 2.75) is 69.4 Å². The number of likely N-dealkylation sites (N-methyl/N-ethyl adjacent to an activating group) is 1. The van der Waals surface area contributed by atoms with Crippen LogP contribution >= 0.6 is 0 Å². The van der Waals surface area contributed by atoms with Gasteiger partial charge in [-0.3, -0.25) is 9.47 Å². The van der Waals surface area contributed by atoms with Gasteiger partial charge in [0.15, 0.2) is 0 Å². The lowest BCUT2D eigenvalue weighted by atomic mass is 9.79. The minimum absolute atomic E-state index is 0.0430. The van der Waals surface area contributed by atoms with E-state index in [1.807, 2.05) is 11.6 Å². The van der Waals surface area contributed by atoms with Crippen LogP contribution in [-0.2, 0) is 12.0 Å². The van der Waals surface area contributed by atoms with Gasteiger partial charge < -0.3 is 10.3 Å². The molecular formula is C28H38N4O. The number of aromatic amines is 1. The summed E-state index contributed by atoms with van der Waals surface area (Å²) in [5.74, 6) is 0. The fraction of sp³-hybridized carbons (Fsp3) is 0.536. The van der Waals surface area contributed by atoms with Gasteiger partial charge in [0, 0.05) is 24.7 Å². The number of nitrogens with one attached hydrogen (secondary N) is 2. The molecule has 2 N–H and O–H groups in total. The van der Waals surface area contributed by atoms with Crippen molar-refractivity contribution >= 4 is 11.0 Å². The van der Waals surface area contributed by atoms with Crippen molar-refractivity contribution in [1.82, 2.24) is 19.8 Å². The minimum atomic E-state index is 0.0430.